The van der Waals surface area contributed by atoms with Crippen molar-refractivity contribution in [1.29, 1.82) is 0 Å². The molecule has 1 aromatic carbocycles. The zero-order valence-electron chi connectivity index (χ0n) is 10.5. The predicted octanol–water partition coefficient (Wildman–Crippen LogP) is 2.93. The van der Waals surface area contributed by atoms with Gasteiger partial charge in [0, 0.05) is 6.20 Å². The smallest absolute Gasteiger partial charge is 0.168 e. The van der Waals surface area contributed by atoms with Crippen molar-refractivity contribution in [2.45, 2.75) is 12.8 Å². The van der Waals surface area contributed by atoms with E-state index in [-0.39, 0.29) is 0 Å². The minimum atomic E-state index is 0.659. The predicted molar refractivity (Wildman–Crippen MR) is 74.4 cm³/mol. The van der Waals surface area contributed by atoms with Gasteiger partial charge in [-0.25, -0.2) is 4.98 Å². The molecule has 0 N–H and O–H groups in total. The SMILES string of the molecule is O=Cc1c(CCc2ccccc2)nc2ccccn12. The Kier molecular flexibility index (Phi) is 3.11. The molecule has 2 heterocycles. The summed E-state index contributed by atoms with van der Waals surface area (Å²) >= 11 is 0. The highest BCUT2D eigenvalue weighted by Crippen LogP contribution is 2.13. The van der Waals surface area contributed by atoms with E-state index in [1.165, 1.54) is 5.56 Å². The first kappa shape index (κ1) is 11.7. The van der Waals surface area contributed by atoms with Crippen molar-refractivity contribution in [3.63, 3.8) is 0 Å². The van der Waals surface area contributed by atoms with Crippen LogP contribution in [0.1, 0.15) is 21.7 Å². The molecule has 2 aromatic heterocycles. The van der Waals surface area contributed by atoms with Crippen LogP contribution in [0.4, 0.5) is 0 Å². The molecule has 0 unspecified atom stereocenters. The van der Waals surface area contributed by atoms with Crippen LogP contribution in [0.2, 0.25) is 0 Å². The lowest BCUT2D eigenvalue weighted by molar-refractivity contribution is 0.111. The number of pyridine rings is 1. The van der Waals surface area contributed by atoms with Crippen molar-refractivity contribution in [3.8, 4) is 0 Å². The normalized spacial score (nSPS) is 10.7. The topological polar surface area (TPSA) is 34.4 Å². The molecule has 19 heavy (non-hydrogen) atoms. The molecule has 3 rings (SSSR count). The molecule has 0 spiro atoms. The van der Waals surface area contributed by atoms with Crippen LogP contribution in [-0.2, 0) is 12.8 Å². The lowest BCUT2D eigenvalue weighted by atomic mass is 10.1. The summed E-state index contributed by atoms with van der Waals surface area (Å²) in [5.74, 6) is 0. The molecular formula is C16H14N2O. The molecular weight excluding hydrogens is 236 g/mol. The molecule has 0 aliphatic rings. The average molecular weight is 250 g/mol. The Hall–Kier alpha value is -2.42. The maximum absolute atomic E-state index is 11.3. The first-order valence-electron chi connectivity index (χ1n) is 6.33. The zero-order valence-corrected chi connectivity index (χ0v) is 10.5. The van der Waals surface area contributed by atoms with Crippen molar-refractivity contribution in [3.05, 3.63) is 71.7 Å². The van der Waals surface area contributed by atoms with Crippen LogP contribution in [0.5, 0.6) is 0 Å². The quantitative estimate of drug-likeness (QED) is 0.667. The van der Waals surface area contributed by atoms with Crippen LogP contribution in [0.15, 0.2) is 54.7 Å². The molecule has 0 saturated heterocycles. The maximum Gasteiger partial charge on any atom is 0.168 e. The van der Waals surface area contributed by atoms with Crippen LogP contribution in [0.3, 0.4) is 0 Å². The molecule has 3 heteroatoms. The molecule has 3 nitrogen and oxygen atoms in total. The number of aromatic nitrogens is 2. The highest BCUT2D eigenvalue weighted by Gasteiger charge is 2.10. The van der Waals surface area contributed by atoms with Crippen molar-refractivity contribution in [2.24, 2.45) is 0 Å². The van der Waals surface area contributed by atoms with E-state index in [0.29, 0.717) is 5.69 Å². The summed E-state index contributed by atoms with van der Waals surface area (Å²) < 4.78 is 1.84. The van der Waals surface area contributed by atoms with E-state index < -0.39 is 0 Å². The fourth-order valence-electron chi connectivity index (χ4n) is 2.28. The first-order chi connectivity index (χ1) is 9.38. The molecule has 0 bridgehead atoms. The number of benzene rings is 1. The fourth-order valence-corrected chi connectivity index (χ4v) is 2.28. The molecule has 94 valence electrons. The fraction of sp³-hybridized carbons (Fsp3) is 0.125. The third kappa shape index (κ3) is 2.27. The molecule has 0 amide bonds. The van der Waals surface area contributed by atoms with Gasteiger partial charge in [-0.05, 0) is 30.5 Å². The molecule has 0 fully saturated rings. The summed E-state index contributed by atoms with van der Waals surface area (Å²) in [5.41, 5.74) is 3.61. The van der Waals surface area contributed by atoms with Gasteiger partial charge in [-0.2, -0.15) is 0 Å². The second-order valence-electron chi connectivity index (χ2n) is 4.48. The van der Waals surface area contributed by atoms with Gasteiger partial charge in [-0.3, -0.25) is 9.20 Å². The second-order valence-corrected chi connectivity index (χ2v) is 4.48. The molecule has 0 radical (unpaired) electrons. The number of carbonyl (C=O) groups excluding carboxylic acids is 1. The molecule has 0 aliphatic heterocycles. The standard InChI is InChI=1S/C16H14N2O/c19-12-15-14(10-9-13-6-2-1-3-7-13)17-16-8-4-5-11-18(15)16/h1-8,11-12H,9-10H2. The van der Waals surface area contributed by atoms with Gasteiger partial charge in [0.05, 0.1) is 5.69 Å². The highest BCUT2D eigenvalue weighted by molar-refractivity contribution is 5.76. The van der Waals surface area contributed by atoms with E-state index in [0.717, 1.165) is 30.5 Å². The third-order valence-corrected chi connectivity index (χ3v) is 3.25. The van der Waals surface area contributed by atoms with Gasteiger partial charge in [0.1, 0.15) is 11.3 Å². The monoisotopic (exact) mass is 250 g/mol. The number of hydrogen-bond donors (Lipinski definition) is 0. The van der Waals surface area contributed by atoms with Gasteiger partial charge in [-0.1, -0.05) is 36.4 Å². The molecule has 0 saturated carbocycles. The summed E-state index contributed by atoms with van der Waals surface area (Å²) in [5, 5.41) is 0. The third-order valence-electron chi connectivity index (χ3n) is 3.25. The van der Waals surface area contributed by atoms with Crippen molar-refractivity contribution in [2.75, 3.05) is 0 Å². The van der Waals surface area contributed by atoms with Crippen LogP contribution in [0, 0.1) is 0 Å². The summed E-state index contributed by atoms with van der Waals surface area (Å²) in [6, 6.07) is 16.0. The Morgan fingerprint density at radius 3 is 2.58 bits per heavy atom. The van der Waals surface area contributed by atoms with Crippen molar-refractivity contribution < 1.29 is 4.79 Å². The minimum absolute atomic E-state index is 0.659. The van der Waals surface area contributed by atoms with E-state index in [1.54, 1.807) is 0 Å². The van der Waals surface area contributed by atoms with Crippen LogP contribution >= 0.6 is 0 Å². The second kappa shape index (κ2) is 5.06. The Morgan fingerprint density at radius 1 is 1.00 bits per heavy atom. The van der Waals surface area contributed by atoms with E-state index in [2.05, 4.69) is 17.1 Å². The maximum atomic E-state index is 11.3. The highest BCUT2D eigenvalue weighted by atomic mass is 16.1. The zero-order chi connectivity index (χ0) is 13.1. The minimum Gasteiger partial charge on any atom is -0.297 e. The summed E-state index contributed by atoms with van der Waals surface area (Å²) in [6.07, 6.45) is 4.43. The average Bonchev–Trinajstić information content (AvgIpc) is 2.83. The number of hydrogen-bond acceptors (Lipinski definition) is 2. The lowest BCUT2D eigenvalue weighted by Gasteiger charge is -1.99. The van der Waals surface area contributed by atoms with E-state index in [9.17, 15) is 4.79 Å². The van der Waals surface area contributed by atoms with Gasteiger partial charge >= 0.3 is 0 Å². The van der Waals surface area contributed by atoms with Gasteiger partial charge in [-0.15, -0.1) is 0 Å². The number of carbonyl (C=O) groups is 1. The van der Waals surface area contributed by atoms with Crippen LogP contribution in [-0.4, -0.2) is 15.7 Å². The Morgan fingerprint density at radius 2 is 1.79 bits per heavy atom. The van der Waals surface area contributed by atoms with E-state index in [1.807, 2.05) is 47.0 Å². The number of aryl methyl sites for hydroxylation is 2. The van der Waals surface area contributed by atoms with Crippen molar-refractivity contribution >= 4 is 11.9 Å². The van der Waals surface area contributed by atoms with Gasteiger partial charge in [0.25, 0.3) is 0 Å². The van der Waals surface area contributed by atoms with Gasteiger partial charge in [0.15, 0.2) is 6.29 Å². The first-order valence-corrected chi connectivity index (χ1v) is 6.33. The van der Waals surface area contributed by atoms with Gasteiger partial charge in [0.2, 0.25) is 0 Å². The molecule has 0 aliphatic carbocycles. The van der Waals surface area contributed by atoms with Gasteiger partial charge < -0.3 is 0 Å². The Bertz CT molecular complexity index is 701. The Balaban J connectivity index is 1.90. The number of nitrogens with zero attached hydrogens (tertiary/aromatic N) is 2. The molecule has 0 atom stereocenters. The summed E-state index contributed by atoms with van der Waals surface area (Å²) in [4.78, 5) is 15.8. The van der Waals surface area contributed by atoms with Crippen LogP contribution < -0.4 is 0 Å². The lowest BCUT2D eigenvalue weighted by Crippen LogP contribution is -1.97. The number of rotatable bonds is 4. The number of imidazole rings is 1. The summed E-state index contributed by atoms with van der Waals surface area (Å²) in [7, 11) is 0. The Labute approximate surface area is 111 Å². The largest absolute Gasteiger partial charge is 0.297 e. The molecule has 3 aromatic rings. The van der Waals surface area contributed by atoms with Crippen molar-refractivity contribution in [1.82, 2.24) is 9.38 Å². The van der Waals surface area contributed by atoms with E-state index in [4.69, 9.17) is 0 Å². The van der Waals surface area contributed by atoms with Crippen LogP contribution in [0.25, 0.3) is 5.65 Å². The number of aldehydes is 1. The summed E-state index contributed by atoms with van der Waals surface area (Å²) in [6.45, 7) is 0. The van der Waals surface area contributed by atoms with E-state index >= 15 is 0 Å². The number of fused-ring (bicyclic) bond motifs is 1.